The number of imidazole rings is 1. The van der Waals surface area contributed by atoms with Gasteiger partial charge >= 0.3 is 6.55 Å². The van der Waals surface area contributed by atoms with E-state index in [0.29, 0.717) is 12.4 Å². The van der Waals surface area contributed by atoms with Gasteiger partial charge in [-0.05, 0) is 0 Å². The fraction of sp³-hybridized carbons (Fsp3) is 0.727. The molecule has 7 heteroatoms. The van der Waals surface area contributed by atoms with E-state index in [2.05, 4.69) is 15.2 Å². The molecule has 0 aliphatic carbocycles. The van der Waals surface area contributed by atoms with Crippen LogP contribution in [0.4, 0.5) is 8.78 Å². The van der Waals surface area contributed by atoms with Crippen LogP contribution in [-0.2, 0) is 11.3 Å². The number of hydrogen-bond acceptors (Lipinski definition) is 4. The second-order valence-corrected chi connectivity index (χ2v) is 4.16. The average molecular weight is 260 g/mol. The van der Waals surface area contributed by atoms with Gasteiger partial charge in [-0.2, -0.15) is 8.78 Å². The van der Waals surface area contributed by atoms with Gasteiger partial charge in [0.15, 0.2) is 0 Å². The molecular weight excluding hydrogens is 242 g/mol. The van der Waals surface area contributed by atoms with Gasteiger partial charge in [0.25, 0.3) is 0 Å². The highest BCUT2D eigenvalue weighted by molar-refractivity contribution is 4.92. The lowest BCUT2D eigenvalue weighted by molar-refractivity contribution is 0.0382. The minimum atomic E-state index is -2.52. The van der Waals surface area contributed by atoms with Gasteiger partial charge in [0.1, 0.15) is 5.82 Å². The zero-order valence-corrected chi connectivity index (χ0v) is 10.2. The van der Waals surface area contributed by atoms with Gasteiger partial charge in [-0.15, -0.1) is 0 Å². The molecule has 0 aromatic carbocycles. The van der Waals surface area contributed by atoms with E-state index >= 15 is 0 Å². The third-order valence-electron chi connectivity index (χ3n) is 2.95. The minimum absolute atomic E-state index is 0.363. The Balaban J connectivity index is 1.66. The Morgan fingerprint density at radius 3 is 2.89 bits per heavy atom. The Kier molecular flexibility index (Phi) is 5.03. The van der Waals surface area contributed by atoms with Crippen LogP contribution in [0.15, 0.2) is 12.4 Å². The number of nitrogens with zero attached hydrogens (tertiary/aromatic N) is 3. The second-order valence-electron chi connectivity index (χ2n) is 4.16. The molecule has 1 fully saturated rings. The molecule has 1 aliphatic rings. The maximum atomic E-state index is 12.5. The van der Waals surface area contributed by atoms with Crippen LogP contribution in [0.1, 0.15) is 12.4 Å². The number of ether oxygens (including phenoxy) is 1. The molecule has 0 spiro atoms. The average Bonchev–Trinajstić information content (AvgIpc) is 2.84. The summed E-state index contributed by atoms with van der Waals surface area (Å²) in [6, 6.07) is 0. The zero-order chi connectivity index (χ0) is 12.8. The Bertz CT molecular complexity index is 353. The Morgan fingerprint density at radius 1 is 1.39 bits per heavy atom. The summed E-state index contributed by atoms with van der Waals surface area (Å²) in [6.45, 7) is 2.92. The van der Waals surface area contributed by atoms with Gasteiger partial charge in [-0.1, -0.05) is 0 Å². The standard InChI is InChI=1S/C11H18F2N4O/c12-11(13)17-4-2-15-10(17)9-14-1-3-16-5-7-18-8-6-16/h2,4,11,14H,1,3,5-9H2. The van der Waals surface area contributed by atoms with Crippen LogP contribution in [0.25, 0.3) is 0 Å². The minimum Gasteiger partial charge on any atom is -0.379 e. The lowest BCUT2D eigenvalue weighted by Crippen LogP contribution is -2.40. The Morgan fingerprint density at radius 2 is 2.17 bits per heavy atom. The molecule has 2 heterocycles. The van der Waals surface area contributed by atoms with Crippen molar-refractivity contribution in [3.05, 3.63) is 18.2 Å². The Hall–Kier alpha value is -1.05. The maximum Gasteiger partial charge on any atom is 0.319 e. The first-order valence-electron chi connectivity index (χ1n) is 6.08. The molecule has 5 nitrogen and oxygen atoms in total. The van der Waals surface area contributed by atoms with E-state index in [9.17, 15) is 8.78 Å². The van der Waals surface area contributed by atoms with Crippen molar-refractivity contribution in [3.8, 4) is 0 Å². The maximum absolute atomic E-state index is 12.5. The largest absolute Gasteiger partial charge is 0.379 e. The molecule has 18 heavy (non-hydrogen) atoms. The van der Waals surface area contributed by atoms with Crippen molar-refractivity contribution in [1.29, 1.82) is 0 Å². The van der Waals surface area contributed by atoms with E-state index in [1.165, 1.54) is 12.4 Å². The number of nitrogens with one attached hydrogen (secondary N) is 1. The highest BCUT2D eigenvalue weighted by Crippen LogP contribution is 2.11. The molecule has 1 saturated heterocycles. The van der Waals surface area contributed by atoms with Crippen molar-refractivity contribution < 1.29 is 13.5 Å². The van der Waals surface area contributed by atoms with Crippen LogP contribution in [0.2, 0.25) is 0 Å². The lowest BCUT2D eigenvalue weighted by atomic mass is 10.4. The van der Waals surface area contributed by atoms with Gasteiger partial charge in [0.2, 0.25) is 0 Å². The third kappa shape index (κ3) is 3.72. The number of morpholine rings is 1. The lowest BCUT2D eigenvalue weighted by Gasteiger charge is -2.26. The van der Waals surface area contributed by atoms with Crippen LogP contribution < -0.4 is 5.32 Å². The topological polar surface area (TPSA) is 42.3 Å². The van der Waals surface area contributed by atoms with Crippen LogP contribution in [0.3, 0.4) is 0 Å². The van der Waals surface area contributed by atoms with Crippen molar-refractivity contribution in [1.82, 2.24) is 19.8 Å². The van der Waals surface area contributed by atoms with Gasteiger partial charge < -0.3 is 10.1 Å². The summed E-state index contributed by atoms with van der Waals surface area (Å²) in [6.07, 6.45) is 2.69. The first kappa shape index (κ1) is 13.4. The highest BCUT2D eigenvalue weighted by atomic mass is 19.3. The molecule has 0 saturated carbocycles. The quantitative estimate of drug-likeness (QED) is 0.765. The van der Waals surface area contributed by atoms with E-state index in [-0.39, 0.29) is 0 Å². The summed E-state index contributed by atoms with van der Waals surface area (Å²) in [7, 11) is 0. The fourth-order valence-corrected chi connectivity index (χ4v) is 1.92. The molecule has 1 N–H and O–H groups in total. The summed E-state index contributed by atoms with van der Waals surface area (Å²) in [5, 5.41) is 3.13. The van der Waals surface area contributed by atoms with E-state index in [0.717, 1.165) is 44.0 Å². The van der Waals surface area contributed by atoms with E-state index in [1.807, 2.05) is 0 Å². The van der Waals surface area contributed by atoms with Crippen LogP contribution in [0.5, 0.6) is 0 Å². The van der Waals surface area contributed by atoms with Crippen LogP contribution in [0, 0.1) is 0 Å². The van der Waals surface area contributed by atoms with Crippen LogP contribution >= 0.6 is 0 Å². The van der Waals surface area contributed by atoms with E-state index < -0.39 is 6.55 Å². The van der Waals surface area contributed by atoms with Gasteiger partial charge in [0, 0.05) is 38.6 Å². The van der Waals surface area contributed by atoms with E-state index in [1.54, 1.807) is 0 Å². The molecule has 1 aromatic heterocycles. The van der Waals surface area contributed by atoms with Crippen molar-refractivity contribution in [2.24, 2.45) is 0 Å². The molecule has 102 valence electrons. The number of alkyl halides is 2. The molecule has 2 rings (SSSR count). The zero-order valence-electron chi connectivity index (χ0n) is 10.2. The third-order valence-corrected chi connectivity index (χ3v) is 2.95. The summed E-state index contributed by atoms with van der Waals surface area (Å²) in [5.41, 5.74) is 0. The van der Waals surface area contributed by atoms with Gasteiger partial charge in [-0.3, -0.25) is 9.47 Å². The van der Waals surface area contributed by atoms with Gasteiger partial charge in [-0.25, -0.2) is 4.98 Å². The number of halogens is 2. The Labute approximate surface area is 105 Å². The highest BCUT2D eigenvalue weighted by Gasteiger charge is 2.12. The molecule has 0 unspecified atom stereocenters. The monoisotopic (exact) mass is 260 g/mol. The molecule has 0 radical (unpaired) electrons. The second kappa shape index (κ2) is 6.77. The van der Waals surface area contributed by atoms with Crippen LogP contribution in [-0.4, -0.2) is 53.8 Å². The summed E-state index contributed by atoms with van der Waals surface area (Å²) < 4.78 is 31.2. The predicted molar refractivity (Wildman–Crippen MR) is 62.4 cm³/mol. The summed E-state index contributed by atoms with van der Waals surface area (Å²) in [4.78, 5) is 6.20. The normalized spacial score (nSPS) is 17.5. The van der Waals surface area contributed by atoms with Gasteiger partial charge in [0.05, 0.1) is 19.8 Å². The number of rotatable bonds is 6. The molecular formula is C11H18F2N4O. The predicted octanol–water partition coefficient (Wildman–Crippen LogP) is 0.700. The van der Waals surface area contributed by atoms with Crippen molar-refractivity contribution >= 4 is 0 Å². The SMILES string of the molecule is FC(F)n1ccnc1CNCCN1CCOCC1. The number of aromatic nitrogens is 2. The summed E-state index contributed by atoms with van der Waals surface area (Å²) >= 11 is 0. The summed E-state index contributed by atoms with van der Waals surface area (Å²) in [5.74, 6) is 0.368. The van der Waals surface area contributed by atoms with Crippen molar-refractivity contribution in [3.63, 3.8) is 0 Å². The number of hydrogen-bond donors (Lipinski definition) is 1. The molecule has 1 aliphatic heterocycles. The van der Waals surface area contributed by atoms with Crippen molar-refractivity contribution in [2.45, 2.75) is 13.1 Å². The smallest absolute Gasteiger partial charge is 0.319 e. The first-order chi connectivity index (χ1) is 8.77. The van der Waals surface area contributed by atoms with Crippen molar-refractivity contribution in [2.75, 3.05) is 39.4 Å². The molecule has 0 bridgehead atoms. The fourth-order valence-electron chi connectivity index (χ4n) is 1.92. The molecule has 0 amide bonds. The van der Waals surface area contributed by atoms with E-state index in [4.69, 9.17) is 4.74 Å². The molecule has 0 atom stereocenters. The molecule has 1 aromatic rings. The first-order valence-corrected chi connectivity index (χ1v) is 6.08.